The highest BCUT2D eigenvalue weighted by Crippen LogP contribution is 2.66. The van der Waals surface area contributed by atoms with E-state index in [1.165, 1.54) is 0 Å². The number of aliphatic carboxylic acids is 1. The molecule has 3 heterocycles. The number of hydrogen-bond donors (Lipinski definition) is 7. The molecule has 16 nitrogen and oxygen atoms in total. The Hall–Kier alpha value is -4.58. The Bertz CT molecular complexity index is 1760. The molecule has 0 aromatic heterocycles. The van der Waals surface area contributed by atoms with E-state index in [9.17, 15) is 30.0 Å². The van der Waals surface area contributed by atoms with E-state index in [0.29, 0.717) is 35.0 Å². The number of allylic oxidation sites excluding steroid dienone is 2. The number of benzene rings is 2. The Kier molecular flexibility index (Phi) is 9.02. The van der Waals surface area contributed by atoms with Crippen LogP contribution < -0.4 is 35.2 Å². The van der Waals surface area contributed by atoms with Gasteiger partial charge in [0, 0.05) is 23.1 Å². The van der Waals surface area contributed by atoms with E-state index in [2.05, 4.69) is 0 Å². The topological polar surface area (TPSA) is 252 Å². The summed E-state index contributed by atoms with van der Waals surface area (Å²) in [5, 5.41) is 51.6. The minimum Gasteiger partial charge on any atom is -0.508 e. The minimum absolute atomic E-state index is 0.00271. The summed E-state index contributed by atoms with van der Waals surface area (Å²) in [6.45, 7) is 0. The normalized spacial score (nSPS) is 33.5. The molecule has 274 valence electrons. The lowest BCUT2D eigenvalue weighted by atomic mass is 9.68. The fraction of sp³-hybridized carbons (Fsp3) is 0.486. The molecule has 1 spiro atoms. The van der Waals surface area contributed by atoms with Crippen molar-refractivity contribution >= 4 is 11.9 Å². The zero-order valence-electron chi connectivity index (χ0n) is 27.7. The molecule has 1 saturated heterocycles. The van der Waals surface area contributed by atoms with Crippen molar-refractivity contribution in [3.63, 3.8) is 0 Å². The number of ether oxygens (including phenoxy) is 7. The van der Waals surface area contributed by atoms with Gasteiger partial charge in [0.15, 0.2) is 17.6 Å². The fourth-order valence-corrected chi connectivity index (χ4v) is 8.19. The Morgan fingerprint density at radius 1 is 1.04 bits per heavy atom. The summed E-state index contributed by atoms with van der Waals surface area (Å²) in [6.07, 6.45) is -6.51. The Morgan fingerprint density at radius 2 is 1.80 bits per heavy atom. The molecule has 1 saturated carbocycles. The van der Waals surface area contributed by atoms with Crippen molar-refractivity contribution < 1.29 is 68.3 Å². The lowest BCUT2D eigenvalue weighted by Gasteiger charge is -2.47. The van der Waals surface area contributed by atoms with Crippen molar-refractivity contribution in [3.05, 3.63) is 65.4 Å². The third kappa shape index (κ3) is 5.81. The van der Waals surface area contributed by atoms with Crippen LogP contribution in [-0.2, 0) is 19.1 Å². The SMILES string of the molecule is COc1ccc2c(c1OC)O[C@H]1c3ccc(O[C@@H]4O[C@H]([C@H](OC(=O)CC(=O)O)C(N)N)[C@@H](O)[C@H](O)[C@H]4O)cc3O[C@@]3(CC[C@H]4C=C(O)C=C[C@H]43)[C@@H]21. The van der Waals surface area contributed by atoms with Gasteiger partial charge in [0.2, 0.25) is 12.0 Å². The number of fused-ring (bicyclic) bond motifs is 8. The van der Waals surface area contributed by atoms with Gasteiger partial charge < -0.3 is 70.2 Å². The van der Waals surface area contributed by atoms with E-state index in [1.807, 2.05) is 24.3 Å². The maximum absolute atomic E-state index is 12.2. The summed E-state index contributed by atoms with van der Waals surface area (Å²) in [5.74, 6) is -0.823. The van der Waals surface area contributed by atoms with Crippen LogP contribution in [0.5, 0.6) is 28.7 Å². The van der Waals surface area contributed by atoms with Crippen LogP contribution in [-0.4, -0.2) is 100 Å². The highest BCUT2D eigenvalue weighted by molar-refractivity contribution is 5.90. The van der Waals surface area contributed by atoms with E-state index in [-0.39, 0.29) is 29.3 Å². The van der Waals surface area contributed by atoms with Crippen LogP contribution in [0.1, 0.15) is 42.4 Å². The number of carbonyl (C=O) groups is 2. The zero-order chi connectivity index (χ0) is 36.4. The highest BCUT2D eigenvalue weighted by Gasteiger charge is 2.63. The molecule has 0 unspecified atom stereocenters. The van der Waals surface area contributed by atoms with Gasteiger partial charge in [-0.2, -0.15) is 0 Å². The highest BCUT2D eigenvalue weighted by atomic mass is 16.7. The summed E-state index contributed by atoms with van der Waals surface area (Å²) >= 11 is 0. The maximum Gasteiger partial charge on any atom is 0.317 e. The minimum atomic E-state index is -1.86. The number of methoxy groups -OCH3 is 2. The zero-order valence-corrected chi connectivity index (χ0v) is 27.7. The van der Waals surface area contributed by atoms with Gasteiger partial charge in [0.25, 0.3) is 0 Å². The average Bonchev–Trinajstić information content (AvgIpc) is 3.65. The largest absolute Gasteiger partial charge is 0.508 e. The first kappa shape index (κ1) is 34.9. The molecule has 2 aliphatic carbocycles. The van der Waals surface area contributed by atoms with Crippen LogP contribution in [0, 0.1) is 11.8 Å². The number of esters is 1. The van der Waals surface area contributed by atoms with Crippen LogP contribution in [0.15, 0.2) is 54.3 Å². The number of carboxylic acid groups (broad SMARTS) is 1. The van der Waals surface area contributed by atoms with Gasteiger partial charge in [-0.25, -0.2) is 0 Å². The molecule has 0 radical (unpaired) electrons. The second-order valence-corrected chi connectivity index (χ2v) is 13.3. The smallest absolute Gasteiger partial charge is 0.317 e. The number of hydrogen-bond acceptors (Lipinski definition) is 15. The molecule has 2 fully saturated rings. The molecule has 16 heteroatoms. The van der Waals surface area contributed by atoms with Crippen molar-refractivity contribution in [2.24, 2.45) is 23.3 Å². The van der Waals surface area contributed by atoms with E-state index in [0.717, 1.165) is 12.0 Å². The quantitative estimate of drug-likeness (QED) is 0.108. The van der Waals surface area contributed by atoms with Gasteiger partial charge in [-0.05, 0) is 49.1 Å². The van der Waals surface area contributed by atoms with E-state index < -0.39 is 73.0 Å². The fourth-order valence-electron chi connectivity index (χ4n) is 8.19. The predicted octanol–water partition coefficient (Wildman–Crippen LogP) is 0.907. The molecule has 7 rings (SSSR count). The molecular formula is C35H40N2O14. The van der Waals surface area contributed by atoms with Crippen LogP contribution >= 0.6 is 0 Å². The molecule has 0 amide bonds. The number of aliphatic hydroxyl groups excluding tert-OH is 4. The summed E-state index contributed by atoms with van der Waals surface area (Å²) in [6, 6.07) is 8.75. The van der Waals surface area contributed by atoms with Gasteiger partial charge in [0.05, 0.1) is 26.3 Å². The lowest BCUT2D eigenvalue weighted by Crippen LogP contribution is -2.66. The van der Waals surface area contributed by atoms with Crippen LogP contribution in [0.4, 0.5) is 0 Å². The summed E-state index contributed by atoms with van der Waals surface area (Å²) in [4.78, 5) is 23.2. The van der Waals surface area contributed by atoms with Crippen molar-refractivity contribution in [3.8, 4) is 28.7 Å². The first-order chi connectivity index (χ1) is 24.4. The summed E-state index contributed by atoms with van der Waals surface area (Å²) < 4.78 is 41.9. The summed E-state index contributed by atoms with van der Waals surface area (Å²) in [5.41, 5.74) is 12.4. The second-order valence-electron chi connectivity index (χ2n) is 13.3. The third-order valence-electron chi connectivity index (χ3n) is 10.4. The number of aliphatic hydroxyl groups is 4. The van der Waals surface area contributed by atoms with Gasteiger partial charge >= 0.3 is 11.9 Å². The van der Waals surface area contributed by atoms with E-state index >= 15 is 0 Å². The van der Waals surface area contributed by atoms with Gasteiger partial charge in [-0.1, -0.05) is 12.1 Å². The van der Waals surface area contributed by atoms with Crippen LogP contribution in [0.25, 0.3) is 0 Å². The van der Waals surface area contributed by atoms with Gasteiger partial charge in [-0.3, -0.25) is 9.59 Å². The molecule has 51 heavy (non-hydrogen) atoms. The molecule has 3 aliphatic heterocycles. The van der Waals surface area contributed by atoms with Gasteiger partial charge in [-0.15, -0.1) is 0 Å². The Balaban J connectivity index is 1.22. The Labute approximate surface area is 291 Å². The van der Waals surface area contributed by atoms with Crippen LogP contribution in [0.2, 0.25) is 0 Å². The number of carbonyl (C=O) groups excluding carboxylic acids is 1. The first-order valence-electron chi connectivity index (χ1n) is 16.5. The monoisotopic (exact) mass is 712 g/mol. The van der Waals surface area contributed by atoms with Crippen LogP contribution in [0.3, 0.4) is 0 Å². The molecule has 2 aromatic rings. The molecule has 5 aliphatic rings. The number of rotatable bonds is 9. The molecular weight excluding hydrogens is 672 g/mol. The second kappa shape index (κ2) is 13.2. The van der Waals surface area contributed by atoms with E-state index in [1.54, 1.807) is 38.5 Å². The molecule has 9 N–H and O–H groups in total. The molecule has 2 aromatic carbocycles. The Morgan fingerprint density at radius 3 is 2.51 bits per heavy atom. The maximum atomic E-state index is 12.2. The van der Waals surface area contributed by atoms with Crippen molar-refractivity contribution in [2.45, 2.75) is 79.9 Å². The van der Waals surface area contributed by atoms with Crippen molar-refractivity contribution in [1.29, 1.82) is 0 Å². The summed E-state index contributed by atoms with van der Waals surface area (Å²) in [7, 11) is 3.09. The lowest BCUT2D eigenvalue weighted by molar-refractivity contribution is -0.291. The number of nitrogens with two attached hydrogens (primary N) is 2. The van der Waals surface area contributed by atoms with Gasteiger partial charge in [0.1, 0.15) is 59.8 Å². The van der Waals surface area contributed by atoms with E-state index in [4.69, 9.17) is 49.7 Å². The first-order valence-corrected chi connectivity index (χ1v) is 16.5. The van der Waals surface area contributed by atoms with Crippen molar-refractivity contribution in [2.75, 3.05) is 14.2 Å². The predicted molar refractivity (Wildman–Crippen MR) is 173 cm³/mol. The average molecular weight is 713 g/mol. The third-order valence-corrected chi connectivity index (χ3v) is 10.4. The number of carboxylic acids is 1. The molecule has 0 bridgehead atoms. The molecule has 11 atom stereocenters. The standard InChI is InChI=1S/C35H40N2O14/c1-45-20-8-6-18-24-28(49-29(18)30(20)46-2)17-5-4-16(12-21(17)51-35(24)10-9-14-11-15(38)3-7-19(14)35)47-34-27(44)25(42)26(43)31(50-34)32(33(36)37)48-23(41)13-22(39)40/h3-8,11-12,14,19,24-28,31-34,38,42-44H,9-10,13,36-37H2,1-2H3,(H,39,40)/t14-,19+,24-,25-,26-,27+,28-,31-,32-,34+,35+/m0/s1. The van der Waals surface area contributed by atoms with Crippen molar-refractivity contribution in [1.82, 2.24) is 0 Å².